The lowest BCUT2D eigenvalue weighted by atomic mass is 10.0. The van der Waals surface area contributed by atoms with E-state index in [2.05, 4.69) is 34.5 Å². The summed E-state index contributed by atoms with van der Waals surface area (Å²) in [4.78, 5) is 14.5. The van der Waals surface area contributed by atoms with Crippen LogP contribution in [0, 0.1) is 0 Å². The van der Waals surface area contributed by atoms with Gasteiger partial charge in [0.15, 0.2) is 5.69 Å². The summed E-state index contributed by atoms with van der Waals surface area (Å²) < 4.78 is 5.69. The number of hydrogen-bond acceptors (Lipinski definition) is 3. The Morgan fingerprint density at radius 1 is 1.00 bits per heavy atom. The molecule has 1 N–H and O–H groups in total. The number of hydrogen-bond donors (Lipinski definition) is 1. The Balaban J connectivity index is 1.43. The molecule has 4 aromatic rings. The third-order valence-corrected chi connectivity index (χ3v) is 4.62. The SMILES string of the molecule is CN(Cc1cccc2ccccc12)C(=O)c1cc(COc2ccccc2)[nH]n1. The highest BCUT2D eigenvalue weighted by Crippen LogP contribution is 2.20. The summed E-state index contributed by atoms with van der Waals surface area (Å²) in [5.74, 6) is 0.646. The van der Waals surface area contributed by atoms with Gasteiger partial charge in [0, 0.05) is 13.6 Å². The minimum atomic E-state index is -0.129. The highest BCUT2D eigenvalue weighted by Gasteiger charge is 2.16. The first kappa shape index (κ1) is 17.8. The lowest BCUT2D eigenvalue weighted by Crippen LogP contribution is -2.26. The predicted octanol–water partition coefficient (Wildman–Crippen LogP) is 4.41. The van der Waals surface area contributed by atoms with Crippen molar-refractivity contribution in [2.45, 2.75) is 13.2 Å². The lowest BCUT2D eigenvalue weighted by molar-refractivity contribution is 0.0780. The largest absolute Gasteiger partial charge is 0.487 e. The number of rotatable bonds is 6. The molecular weight excluding hydrogens is 350 g/mol. The van der Waals surface area contributed by atoms with Crippen molar-refractivity contribution in [1.29, 1.82) is 0 Å². The van der Waals surface area contributed by atoms with Gasteiger partial charge < -0.3 is 9.64 Å². The van der Waals surface area contributed by atoms with Crippen LogP contribution >= 0.6 is 0 Å². The standard InChI is InChI=1S/C23H21N3O2/c1-26(15-18-10-7-9-17-8-5-6-13-21(17)18)23(27)22-14-19(24-25-22)16-28-20-11-3-2-4-12-20/h2-14H,15-16H2,1H3,(H,24,25). The second kappa shape index (κ2) is 7.96. The van der Waals surface area contributed by atoms with Crippen molar-refractivity contribution < 1.29 is 9.53 Å². The maximum Gasteiger partial charge on any atom is 0.274 e. The van der Waals surface area contributed by atoms with Crippen molar-refractivity contribution in [1.82, 2.24) is 15.1 Å². The molecule has 0 atom stereocenters. The van der Waals surface area contributed by atoms with Crippen LogP contribution in [0.3, 0.4) is 0 Å². The Morgan fingerprint density at radius 2 is 1.75 bits per heavy atom. The van der Waals surface area contributed by atoms with Crippen molar-refractivity contribution >= 4 is 16.7 Å². The van der Waals surface area contributed by atoms with Crippen molar-refractivity contribution in [2.75, 3.05) is 7.05 Å². The first-order valence-corrected chi connectivity index (χ1v) is 9.15. The zero-order valence-corrected chi connectivity index (χ0v) is 15.6. The summed E-state index contributed by atoms with van der Waals surface area (Å²) in [6.45, 7) is 0.847. The maximum atomic E-state index is 12.8. The molecule has 0 aliphatic rings. The monoisotopic (exact) mass is 371 g/mol. The van der Waals surface area contributed by atoms with Crippen molar-refractivity contribution in [3.05, 3.63) is 95.8 Å². The van der Waals surface area contributed by atoms with Crippen LogP contribution < -0.4 is 4.74 Å². The van der Waals surface area contributed by atoms with E-state index in [0.717, 1.165) is 22.4 Å². The molecule has 5 nitrogen and oxygen atoms in total. The Bertz CT molecular complexity index is 1080. The molecule has 28 heavy (non-hydrogen) atoms. The van der Waals surface area contributed by atoms with Crippen LogP contribution in [-0.2, 0) is 13.2 Å². The fraction of sp³-hybridized carbons (Fsp3) is 0.130. The molecule has 0 aliphatic carbocycles. The molecule has 0 aliphatic heterocycles. The highest BCUT2D eigenvalue weighted by molar-refractivity contribution is 5.92. The van der Waals surface area contributed by atoms with Gasteiger partial charge in [0.2, 0.25) is 0 Å². The van der Waals surface area contributed by atoms with Crippen molar-refractivity contribution in [3.8, 4) is 5.75 Å². The number of fused-ring (bicyclic) bond motifs is 1. The smallest absolute Gasteiger partial charge is 0.274 e. The van der Waals surface area contributed by atoms with Crippen LogP contribution in [0.1, 0.15) is 21.7 Å². The molecule has 1 heterocycles. The minimum Gasteiger partial charge on any atom is -0.487 e. The Labute approximate surface area is 163 Å². The second-order valence-electron chi connectivity index (χ2n) is 6.68. The minimum absolute atomic E-state index is 0.129. The van der Waals surface area contributed by atoms with Gasteiger partial charge in [0.25, 0.3) is 5.91 Å². The van der Waals surface area contributed by atoms with Crippen LogP contribution in [0.15, 0.2) is 78.9 Å². The number of nitrogens with zero attached hydrogens (tertiary/aromatic N) is 2. The van der Waals surface area contributed by atoms with Gasteiger partial charge in [0.1, 0.15) is 12.4 Å². The van der Waals surface area contributed by atoms with Gasteiger partial charge in [-0.05, 0) is 34.5 Å². The Morgan fingerprint density at radius 3 is 2.61 bits per heavy atom. The number of benzene rings is 3. The maximum absolute atomic E-state index is 12.8. The number of H-pyrrole nitrogens is 1. The molecule has 0 fully saturated rings. The van der Waals surface area contributed by atoms with E-state index in [0.29, 0.717) is 18.8 Å². The fourth-order valence-corrected chi connectivity index (χ4v) is 3.18. The highest BCUT2D eigenvalue weighted by atomic mass is 16.5. The Hall–Kier alpha value is -3.60. The molecule has 0 unspecified atom stereocenters. The van der Waals surface area contributed by atoms with Crippen LogP contribution in [-0.4, -0.2) is 28.1 Å². The van der Waals surface area contributed by atoms with Gasteiger partial charge in [-0.15, -0.1) is 0 Å². The van der Waals surface area contributed by atoms with E-state index >= 15 is 0 Å². The van der Waals surface area contributed by atoms with E-state index in [-0.39, 0.29) is 5.91 Å². The lowest BCUT2D eigenvalue weighted by Gasteiger charge is -2.17. The molecule has 1 amide bonds. The van der Waals surface area contributed by atoms with Gasteiger partial charge in [-0.3, -0.25) is 9.89 Å². The van der Waals surface area contributed by atoms with Gasteiger partial charge in [-0.25, -0.2) is 0 Å². The average Bonchev–Trinajstić information content (AvgIpc) is 3.22. The zero-order chi connectivity index (χ0) is 19.3. The fourth-order valence-electron chi connectivity index (χ4n) is 3.18. The molecule has 0 radical (unpaired) electrons. The van der Waals surface area contributed by atoms with E-state index in [4.69, 9.17) is 4.74 Å². The third kappa shape index (κ3) is 3.88. The Kier molecular flexibility index (Phi) is 5.06. The second-order valence-corrected chi connectivity index (χ2v) is 6.68. The predicted molar refractivity (Wildman–Crippen MR) is 109 cm³/mol. The van der Waals surface area contributed by atoms with E-state index < -0.39 is 0 Å². The molecule has 1 aromatic heterocycles. The van der Waals surface area contributed by atoms with Gasteiger partial charge >= 0.3 is 0 Å². The van der Waals surface area contributed by atoms with E-state index in [1.165, 1.54) is 5.39 Å². The average molecular weight is 371 g/mol. The first-order chi connectivity index (χ1) is 13.7. The number of carbonyl (C=O) groups excluding carboxylic acids is 1. The topological polar surface area (TPSA) is 58.2 Å². The summed E-state index contributed by atoms with van der Waals surface area (Å²) in [7, 11) is 1.79. The van der Waals surface area contributed by atoms with Crippen molar-refractivity contribution in [2.24, 2.45) is 0 Å². The molecule has 3 aromatic carbocycles. The summed E-state index contributed by atoms with van der Waals surface area (Å²) in [6, 6.07) is 25.6. The third-order valence-electron chi connectivity index (χ3n) is 4.62. The number of carbonyl (C=O) groups is 1. The van der Waals surface area contributed by atoms with Crippen molar-refractivity contribution in [3.63, 3.8) is 0 Å². The summed E-state index contributed by atoms with van der Waals surface area (Å²) in [5, 5.41) is 9.36. The zero-order valence-electron chi connectivity index (χ0n) is 15.6. The molecule has 140 valence electrons. The van der Waals surface area contributed by atoms with E-state index in [1.54, 1.807) is 18.0 Å². The van der Waals surface area contributed by atoms with Crippen LogP contribution in [0.4, 0.5) is 0 Å². The molecule has 0 saturated heterocycles. The van der Waals surface area contributed by atoms with E-state index in [1.807, 2.05) is 48.5 Å². The number of aromatic amines is 1. The van der Waals surface area contributed by atoms with Crippen LogP contribution in [0.2, 0.25) is 0 Å². The molecule has 0 saturated carbocycles. The van der Waals surface area contributed by atoms with Gasteiger partial charge in [-0.2, -0.15) is 5.10 Å². The summed E-state index contributed by atoms with van der Waals surface area (Å²) >= 11 is 0. The first-order valence-electron chi connectivity index (χ1n) is 9.15. The van der Waals surface area contributed by atoms with Gasteiger partial charge in [0.05, 0.1) is 5.69 Å². The number of nitrogens with one attached hydrogen (secondary N) is 1. The molecule has 5 heteroatoms. The van der Waals surface area contributed by atoms with Gasteiger partial charge in [-0.1, -0.05) is 60.7 Å². The molecule has 4 rings (SSSR count). The molecular formula is C23H21N3O2. The normalized spacial score (nSPS) is 10.8. The number of para-hydroxylation sites is 1. The molecule has 0 bridgehead atoms. The van der Waals surface area contributed by atoms with E-state index in [9.17, 15) is 4.79 Å². The summed E-state index contributed by atoms with van der Waals surface area (Å²) in [5.41, 5.74) is 2.25. The number of ether oxygens (including phenoxy) is 1. The summed E-state index contributed by atoms with van der Waals surface area (Å²) in [6.07, 6.45) is 0. The quantitative estimate of drug-likeness (QED) is 0.546. The molecule has 0 spiro atoms. The number of aromatic nitrogens is 2. The van der Waals surface area contributed by atoms with Crippen LogP contribution in [0.25, 0.3) is 10.8 Å². The number of amides is 1. The van der Waals surface area contributed by atoms with Crippen LogP contribution in [0.5, 0.6) is 5.75 Å².